The van der Waals surface area contributed by atoms with Gasteiger partial charge in [0.1, 0.15) is 0 Å². The predicted molar refractivity (Wildman–Crippen MR) is 147 cm³/mol. The molecule has 7 nitrogen and oxygen atoms in total. The fraction of sp³-hybridized carbons (Fsp3) is 0.967. The SMILES string of the molecule is CC(C)(C#N)C1CCC(C2NNC3CNC4CCC(C5CNCC(CN6CCOCC6)C5)CC4C32)CC1. The summed E-state index contributed by atoms with van der Waals surface area (Å²) in [6.07, 6.45) is 10.6. The van der Waals surface area contributed by atoms with Crippen LogP contribution in [0.1, 0.15) is 65.2 Å². The number of hydrogen-bond acceptors (Lipinski definition) is 7. The fourth-order valence-electron chi connectivity index (χ4n) is 9.46. The lowest BCUT2D eigenvalue weighted by Gasteiger charge is -2.50. The molecular weight excluding hydrogens is 460 g/mol. The highest BCUT2D eigenvalue weighted by atomic mass is 16.5. The van der Waals surface area contributed by atoms with Gasteiger partial charge in [-0.2, -0.15) is 5.26 Å². The molecule has 0 bridgehead atoms. The Balaban J connectivity index is 1.08. The van der Waals surface area contributed by atoms with E-state index in [2.05, 4.69) is 46.3 Å². The van der Waals surface area contributed by atoms with E-state index in [9.17, 15) is 5.26 Å². The Labute approximate surface area is 225 Å². The van der Waals surface area contributed by atoms with E-state index in [4.69, 9.17) is 4.74 Å². The number of morpholine rings is 1. The van der Waals surface area contributed by atoms with E-state index in [1.165, 1.54) is 71.0 Å². The van der Waals surface area contributed by atoms with E-state index >= 15 is 0 Å². The maximum absolute atomic E-state index is 9.65. The van der Waals surface area contributed by atoms with E-state index in [0.29, 0.717) is 24.0 Å². The molecule has 8 unspecified atom stereocenters. The minimum absolute atomic E-state index is 0.182. The number of hydrazine groups is 1. The molecule has 208 valence electrons. The Kier molecular flexibility index (Phi) is 8.15. The molecule has 4 heterocycles. The van der Waals surface area contributed by atoms with Gasteiger partial charge in [0.25, 0.3) is 0 Å². The topological polar surface area (TPSA) is 84.4 Å². The summed E-state index contributed by atoms with van der Waals surface area (Å²) in [6, 6.07) is 4.46. The molecule has 0 aromatic rings. The maximum atomic E-state index is 9.65. The highest BCUT2D eigenvalue weighted by Crippen LogP contribution is 2.48. The predicted octanol–water partition coefficient (Wildman–Crippen LogP) is 2.75. The summed E-state index contributed by atoms with van der Waals surface area (Å²) >= 11 is 0. The number of nitriles is 1. The van der Waals surface area contributed by atoms with Crippen molar-refractivity contribution < 1.29 is 4.74 Å². The highest BCUT2D eigenvalue weighted by molar-refractivity contribution is 5.08. The van der Waals surface area contributed by atoms with Gasteiger partial charge in [0.15, 0.2) is 0 Å². The minimum Gasteiger partial charge on any atom is -0.379 e. The standard InChI is InChI=1S/C30H52N6O/c1-30(2,19-31)24-6-3-21(4-7-24)29-28-25-14-22(5-8-26(25)33-17-27(28)34-35-29)23-13-20(15-32-16-23)18-36-9-11-37-12-10-36/h20-29,32-35H,3-18H2,1-2H3. The third kappa shape index (κ3) is 5.62. The number of piperidine rings is 2. The van der Waals surface area contributed by atoms with Gasteiger partial charge < -0.3 is 15.4 Å². The molecule has 6 fully saturated rings. The average Bonchev–Trinajstić information content (AvgIpc) is 3.38. The van der Waals surface area contributed by atoms with Crippen LogP contribution in [0.15, 0.2) is 0 Å². The molecule has 0 radical (unpaired) electrons. The molecular formula is C30H52N6O. The van der Waals surface area contributed by atoms with E-state index in [1.54, 1.807) is 0 Å². The molecule has 4 saturated heterocycles. The average molecular weight is 513 g/mol. The van der Waals surface area contributed by atoms with Crippen molar-refractivity contribution in [3.8, 4) is 6.07 Å². The van der Waals surface area contributed by atoms with Crippen LogP contribution in [0, 0.1) is 58.2 Å². The Bertz CT molecular complexity index is 800. The monoisotopic (exact) mass is 512 g/mol. The Morgan fingerprint density at radius 2 is 1.65 bits per heavy atom. The van der Waals surface area contributed by atoms with Crippen LogP contribution in [0.2, 0.25) is 0 Å². The van der Waals surface area contributed by atoms with Crippen molar-refractivity contribution in [2.45, 2.75) is 83.3 Å². The molecule has 6 rings (SSSR count). The zero-order valence-electron chi connectivity index (χ0n) is 23.4. The first-order valence-electron chi connectivity index (χ1n) is 15.7. The van der Waals surface area contributed by atoms with Gasteiger partial charge >= 0.3 is 0 Å². The molecule has 7 heteroatoms. The lowest BCUT2D eigenvalue weighted by Crippen LogP contribution is -2.59. The summed E-state index contributed by atoms with van der Waals surface area (Å²) in [7, 11) is 0. The van der Waals surface area contributed by atoms with Gasteiger partial charge in [-0.3, -0.25) is 15.8 Å². The summed E-state index contributed by atoms with van der Waals surface area (Å²) in [5, 5.41) is 17.5. The molecule has 2 saturated carbocycles. The molecule has 2 aliphatic carbocycles. The van der Waals surface area contributed by atoms with Crippen LogP contribution in [0.25, 0.3) is 0 Å². The first-order chi connectivity index (χ1) is 18.0. The van der Waals surface area contributed by atoms with Gasteiger partial charge in [-0.1, -0.05) is 0 Å². The number of fused-ring (bicyclic) bond motifs is 3. The van der Waals surface area contributed by atoms with Crippen LogP contribution in [0.5, 0.6) is 0 Å². The Morgan fingerprint density at radius 3 is 2.43 bits per heavy atom. The van der Waals surface area contributed by atoms with Crippen LogP contribution in [0.4, 0.5) is 0 Å². The normalized spacial score (nSPS) is 45.5. The lowest BCUT2D eigenvalue weighted by molar-refractivity contribution is 0.0187. The Morgan fingerprint density at radius 1 is 0.865 bits per heavy atom. The molecule has 4 aliphatic heterocycles. The summed E-state index contributed by atoms with van der Waals surface area (Å²) in [5.74, 6) is 5.35. The summed E-state index contributed by atoms with van der Waals surface area (Å²) in [6.45, 7) is 13.1. The zero-order chi connectivity index (χ0) is 25.4. The molecule has 0 aromatic heterocycles. The Hall–Kier alpha value is -0.750. The van der Waals surface area contributed by atoms with Crippen molar-refractivity contribution in [3.63, 3.8) is 0 Å². The maximum Gasteiger partial charge on any atom is 0.0686 e. The minimum atomic E-state index is -0.182. The van der Waals surface area contributed by atoms with E-state index in [-0.39, 0.29) is 5.41 Å². The van der Waals surface area contributed by atoms with E-state index in [1.807, 2.05) is 0 Å². The van der Waals surface area contributed by atoms with Crippen molar-refractivity contribution in [3.05, 3.63) is 0 Å². The quantitative estimate of drug-likeness (QED) is 0.451. The zero-order valence-corrected chi connectivity index (χ0v) is 23.4. The van der Waals surface area contributed by atoms with Crippen LogP contribution in [-0.4, -0.2) is 75.5 Å². The number of nitrogens with one attached hydrogen (secondary N) is 4. The second kappa shape index (κ2) is 11.4. The first kappa shape index (κ1) is 26.5. The van der Waals surface area contributed by atoms with Gasteiger partial charge in [-0.25, -0.2) is 0 Å². The van der Waals surface area contributed by atoms with Crippen LogP contribution in [0.3, 0.4) is 0 Å². The third-order valence-corrected chi connectivity index (χ3v) is 11.7. The highest BCUT2D eigenvalue weighted by Gasteiger charge is 2.52. The van der Waals surface area contributed by atoms with Crippen LogP contribution < -0.4 is 21.5 Å². The van der Waals surface area contributed by atoms with E-state index < -0.39 is 0 Å². The lowest BCUT2D eigenvalue weighted by atomic mass is 9.60. The molecule has 0 amide bonds. The van der Waals surface area contributed by atoms with Gasteiger partial charge in [-0.15, -0.1) is 0 Å². The van der Waals surface area contributed by atoms with Crippen LogP contribution in [-0.2, 0) is 4.74 Å². The largest absolute Gasteiger partial charge is 0.379 e. The number of nitrogens with zero attached hydrogens (tertiary/aromatic N) is 2. The smallest absolute Gasteiger partial charge is 0.0686 e. The summed E-state index contributed by atoms with van der Waals surface area (Å²) < 4.78 is 5.58. The molecule has 6 aliphatic rings. The summed E-state index contributed by atoms with van der Waals surface area (Å²) in [5.41, 5.74) is 7.40. The molecule has 37 heavy (non-hydrogen) atoms. The molecule has 4 N–H and O–H groups in total. The molecule has 0 aromatic carbocycles. The number of ether oxygens (including phenoxy) is 1. The number of hydrogen-bond donors (Lipinski definition) is 4. The van der Waals surface area contributed by atoms with Gasteiger partial charge in [-0.05, 0) is 120 Å². The third-order valence-electron chi connectivity index (χ3n) is 11.7. The van der Waals surface area contributed by atoms with Crippen molar-refractivity contribution >= 4 is 0 Å². The van der Waals surface area contributed by atoms with Crippen molar-refractivity contribution in [1.82, 2.24) is 26.4 Å². The second-order valence-electron chi connectivity index (χ2n) is 14.1. The van der Waals surface area contributed by atoms with Gasteiger partial charge in [0.05, 0.1) is 24.7 Å². The fourth-order valence-corrected chi connectivity index (χ4v) is 9.46. The van der Waals surface area contributed by atoms with Crippen molar-refractivity contribution in [2.75, 3.05) is 52.5 Å². The second-order valence-corrected chi connectivity index (χ2v) is 14.1. The molecule has 0 spiro atoms. The van der Waals surface area contributed by atoms with Crippen molar-refractivity contribution in [1.29, 1.82) is 5.26 Å². The molecule has 8 atom stereocenters. The first-order valence-corrected chi connectivity index (χ1v) is 15.7. The van der Waals surface area contributed by atoms with Crippen molar-refractivity contribution in [2.24, 2.45) is 46.8 Å². The van der Waals surface area contributed by atoms with Gasteiger partial charge in [0.2, 0.25) is 0 Å². The van der Waals surface area contributed by atoms with Gasteiger partial charge in [0, 0.05) is 44.3 Å². The van der Waals surface area contributed by atoms with Crippen LogP contribution >= 0.6 is 0 Å². The number of rotatable bonds is 5. The summed E-state index contributed by atoms with van der Waals surface area (Å²) in [4.78, 5) is 2.64. The van der Waals surface area contributed by atoms with E-state index in [0.717, 1.165) is 68.4 Å².